The lowest BCUT2D eigenvalue weighted by Gasteiger charge is -2.34. The second-order valence-electron chi connectivity index (χ2n) is 3.79. The molecule has 0 radical (unpaired) electrons. The van der Waals surface area contributed by atoms with Crippen molar-refractivity contribution in [3.8, 4) is 0 Å². The Balaban J connectivity index is 2.12. The molecule has 1 atom stereocenters. The van der Waals surface area contributed by atoms with E-state index < -0.39 is 5.97 Å². The van der Waals surface area contributed by atoms with Crippen LogP contribution < -0.4 is 4.90 Å². The van der Waals surface area contributed by atoms with Crippen LogP contribution in [0.4, 0.5) is 5.13 Å². The molecule has 2 rings (SSSR count). The van der Waals surface area contributed by atoms with E-state index in [4.69, 9.17) is 5.11 Å². The van der Waals surface area contributed by atoms with Crippen molar-refractivity contribution in [1.82, 2.24) is 4.98 Å². The Morgan fingerprint density at radius 2 is 2.56 bits per heavy atom. The summed E-state index contributed by atoms with van der Waals surface area (Å²) in [6.07, 6.45) is 0.200. The van der Waals surface area contributed by atoms with Gasteiger partial charge in [-0.2, -0.15) is 11.8 Å². The van der Waals surface area contributed by atoms with Gasteiger partial charge in [-0.1, -0.05) is 0 Å². The van der Waals surface area contributed by atoms with Crippen LogP contribution in [0.25, 0.3) is 0 Å². The number of carbonyl (C=O) groups is 1. The normalized spacial score (nSPS) is 21.1. The Labute approximate surface area is 103 Å². The van der Waals surface area contributed by atoms with Crippen LogP contribution in [0.3, 0.4) is 0 Å². The van der Waals surface area contributed by atoms with E-state index in [9.17, 15) is 4.79 Å². The first-order valence-electron chi connectivity index (χ1n) is 5.15. The van der Waals surface area contributed by atoms with Crippen molar-refractivity contribution in [2.45, 2.75) is 19.4 Å². The molecule has 0 spiro atoms. The molecular weight excluding hydrogens is 244 g/mol. The van der Waals surface area contributed by atoms with E-state index in [1.807, 2.05) is 24.1 Å². The summed E-state index contributed by atoms with van der Waals surface area (Å²) in [5, 5.41) is 11.9. The summed E-state index contributed by atoms with van der Waals surface area (Å²) in [5.74, 6) is 1.20. The van der Waals surface area contributed by atoms with Crippen molar-refractivity contribution >= 4 is 34.2 Å². The third kappa shape index (κ3) is 2.68. The van der Waals surface area contributed by atoms with Gasteiger partial charge in [0.2, 0.25) is 0 Å². The second kappa shape index (κ2) is 5.05. The first-order chi connectivity index (χ1) is 7.66. The standard InChI is InChI=1S/C10H14N2O2S2/c1-7-5-16-10(11-7)12-2-3-15-6-8(12)4-9(13)14/h5,8H,2-4,6H2,1H3,(H,13,14). The van der Waals surface area contributed by atoms with E-state index in [0.29, 0.717) is 0 Å². The fraction of sp³-hybridized carbons (Fsp3) is 0.600. The molecule has 1 aromatic heterocycles. The maximum atomic E-state index is 10.8. The Kier molecular flexibility index (Phi) is 3.70. The molecule has 1 aliphatic rings. The molecule has 1 unspecified atom stereocenters. The summed E-state index contributed by atoms with van der Waals surface area (Å²) in [7, 11) is 0. The molecule has 2 heterocycles. The van der Waals surface area contributed by atoms with Gasteiger partial charge in [0.25, 0.3) is 0 Å². The zero-order chi connectivity index (χ0) is 11.5. The Morgan fingerprint density at radius 1 is 1.75 bits per heavy atom. The third-order valence-corrected chi connectivity index (χ3v) is 4.58. The highest BCUT2D eigenvalue weighted by Crippen LogP contribution is 2.28. The van der Waals surface area contributed by atoms with Crippen LogP contribution in [-0.2, 0) is 4.79 Å². The maximum absolute atomic E-state index is 10.8. The van der Waals surface area contributed by atoms with Gasteiger partial charge in [-0.15, -0.1) is 11.3 Å². The van der Waals surface area contributed by atoms with Gasteiger partial charge in [-0.05, 0) is 6.92 Å². The monoisotopic (exact) mass is 258 g/mol. The number of nitrogens with zero attached hydrogens (tertiary/aromatic N) is 2. The number of carboxylic acid groups (broad SMARTS) is 1. The van der Waals surface area contributed by atoms with E-state index in [1.165, 1.54) is 0 Å². The fourth-order valence-corrected chi connectivity index (χ4v) is 3.71. The van der Waals surface area contributed by atoms with Gasteiger partial charge in [0.05, 0.1) is 18.2 Å². The number of anilines is 1. The first kappa shape index (κ1) is 11.7. The SMILES string of the molecule is Cc1csc(N2CCSCC2CC(=O)O)n1. The molecule has 1 saturated heterocycles. The zero-order valence-electron chi connectivity index (χ0n) is 9.05. The molecule has 0 aliphatic carbocycles. The highest BCUT2D eigenvalue weighted by atomic mass is 32.2. The quantitative estimate of drug-likeness (QED) is 0.896. The molecule has 0 saturated carbocycles. The summed E-state index contributed by atoms with van der Waals surface area (Å²) >= 11 is 3.42. The summed E-state index contributed by atoms with van der Waals surface area (Å²) in [5.41, 5.74) is 1.01. The van der Waals surface area contributed by atoms with Crippen LogP contribution in [0.15, 0.2) is 5.38 Å². The summed E-state index contributed by atoms with van der Waals surface area (Å²) in [4.78, 5) is 17.4. The van der Waals surface area contributed by atoms with E-state index in [-0.39, 0.29) is 12.5 Å². The van der Waals surface area contributed by atoms with E-state index in [1.54, 1.807) is 11.3 Å². The van der Waals surface area contributed by atoms with Crippen LogP contribution in [0.5, 0.6) is 0 Å². The van der Waals surface area contributed by atoms with Crippen LogP contribution in [0, 0.1) is 6.92 Å². The minimum absolute atomic E-state index is 0.0850. The molecule has 6 heteroatoms. The molecule has 0 bridgehead atoms. The highest BCUT2D eigenvalue weighted by molar-refractivity contribution is 7.99. The van der Waals surface area contributed by atoms with Crippen molar-refractivity contribution in [1.29, 1.82) is 0 Å². The second-order valence-corrected chi connectivity index (χ2v) is 5.78. The largest absolute Gasteiger partial charge is 0.481 e. The molecule has 1 aliphatic heterocycles. The van der Waals surface area contributed by atoms with Gasteiger partial charge in [-0.25, -0.2) is 4.98 Å². The first-order valence-corrected chi connectivity index (χ1v) is 7.18. The van der Waals surface area contributed by atoms with Crippen LogP contribution in [0.1, 0.15) is 12.1 Å². The molecule has 16 heavy (non-hydrogen) atoms. The van der Waals surface area contributed by atoms with Crippen LogP contribution in [0.2, 0.25) is 0 Å². The van der Waals surface area contributed by atoms with E-state index in [0.717, 1.165) is 28.9 Å². The summed E-state index contributed by atoms with van der Waals surface area (Å²) < 4.78 is 0. The minimum Gasteiger partial charge on any atom is -0.481 e. The Morgan fingerprint density at radius 3 is 3.19 bits per heavy atom. The van der Waals surface area contributed by atoms with E-state index >= 15 is 0 Å². The zero-order valence-corrected chi connectivity index (χ0v) is 10.7. The maximum Gasteiger partial charge on any atom is 0.305 e. The number of hydrogen-bond acceptors (Lipinski definition) is 5. The molecule has 88 valence electrons. The molecule has 0 aromatic carbocycles. The van der Waals surface area contributed by atoms with Gasteiger partial charge < -0.3 is 10.0 Å². The number of carboxylic acids is 1. The fourth-order valence-electron chi connectivity index (χ4n) is 1.75. The number of aromatic nitrogens is 1. The van der Waals surface area contributed by atoms with Crippen molar-refractivity contribution in [2.24, 2.45) is 0 Å². The van der Waals surface area contributed by atoms with Crippen molar-refractivity contribution in [2.75, 3.05) is 23.0 Å². The number of thiazole rings is 1. The smallest absolute Gasteiger partial charge is 0.305 e. The lowest BCUT2D eigenvalue weighted by atomic mass is 10.2. The van der Waals surface area contributed by atoms with Gasteiger partial charge >= 0.3 is 5.97 Å². The number of aryl methyl sites for hydroxylation is 1. The number of aliphatic carboxylic acids is 1. The molecule has 1 aromatic rings. The third-order valence-electron chi connectivity index (χ3n) is 2.49. The summed E-state index contributed by atoms with van der Waals surface area (Å²) in [6.45, 7) is 2.86. The number of rotatable bonds is 3. The number of thioether (sulfide) groups is 1. The van der Waals surface area contributed by atoms with Crippen LogP contribution >= 0.6 is 23.1 Å². The molecule has 4 nitrogen and oxygen atoms in total. The Bertz CT molecular complexity index is 381. The molecule has 1 fully saturated rings. The lowest BCUT2D eigenvalue weighted by Crippen LogP contribution is -2.43. The Hall–Kier alpha value is -0.750. The van der Waals surface area contributed by atoms with Gasteiger partial charge in [0, 0.05) is 23.4 Å². The number of hydrogen-bond donors (Lipinski definition) is 1. The van der Waals surface area contributed by atoms with Crippen LogP contribution in [-0.4, -0.2) is 40.2 Å². The topological polar surface area (TPSA) is 53.4 Å². The van der Waals surface area contributed by atoms with Gasteiger partial charge in [0.1, 0.15) is 0 Å². The lowest BCUT2D eigenvalue weighted by molar-refractivity contribution is -0.137. The average Bonchev–Trinajstić information content (AvgIpc) is 2.65. The van der Waals surface area contributed by atoms with Gasteiger partial charge in [-0.3, -0.25) is 4.79 Å². The van der Waals surface area contributed by atoms with Crippen molar-refractivity contribution in [3.63, 3.8) is 0 Å². The average molecular weight is 258 g/mol. The predicted molar refractivity (Wildman–Crippen MR) is 67.6 cm³/mol. The highest BCUT2D eigenvalue weighted by Gasteiger charge is 2.26. The molecule has 0 amide bonds. The summed E-state index contributed by atoms with van der Waals surface area (Å²) in [6, 6.07) is 0.0850. The van der Waals surface area contributed by atoms with Crippen molar-refractivity contribution < 1.29 is 9.90 Å². The molecular formula is C10H14N2O2S2. The van der Waals surface area contributed by atoms with E-state index in [2.05, 4.69) is 9.88 Å². The van der Waals surface area contributed by atoms with Crippen molar-refractivity contribution in [3.05, 3.63) is 11.1 Å². The molecule has 1 N–H and O–H groups in total. The van der Waals surface area contributed by atoms with Gasteiger partial charge in [0.15, 0.2) is 5.13 Å². The minimum atomic E-state index is -0.731. The predicted octanol–water partition coefficient (Wildman–Crippen LogP) is 1.85.